The standard InChI is InChI=1S/C25H25FN2O4S/c26-19-10-14-21(15-11-19)28(33(30,31)24-8-2-1-3-9-24)18-25(29)27-20-12-16-23(17-13-20)32-22-6-4-5-7-22/h1-3,8-17,22H,4-7,18H2,(H,27,29). The number of benzene rings is 3. The summed E-state index contributed by atoms with van der Waals surface area (Å²) in [6.45, 7) is -0.469. The molecular weight excluding hydrogens is 443 g/mol. The van der Waals surface area contributed by atoms with Gasteiger partial charge >= 0.3 is 0 Å². The summed E-state index contributed by atoms with van der Waals surface area (Å²) in [4.78, 5) is 12.8. The molecule has 0 heterocycles. The second kappa shape index (κ2) is 10.0. The Kier molecular flexibility index (Phi) is 6.93. The van der Waals surface area contributed by atoms with Crippen molar-refractivity contribution >= 4 is 27.3 Å². The van der Waals surface area contributed by atoms with Gasteiger partial charge in [0.05, 0.1) is 16.7 Å². The SMILES string of the molecule is O=C(CN(c1ccc(F)cc1)S(=O)(=O)c1ccccc1)Nc1ccc(OC2CCCC2)cc1. The lowest BCUT2D eigenvalue weighted by Crippen LogP contribution is -2.38. The van der Waals surface area contributed by atoms with Crippen LogP contribution in [0.5, 0.6) is 5.75 Å². The smallest absolute Gasteiger partial charge is 0.264 e. The van der Waals surface area contributed by atoms with Crippen LogP contribution in [0.1, 0.15) is 25.7 Å². The molecule has 8 heteroatoms. The van der Waals surface area contributed by atoms with Gasteiger partial charge < -0.3 is 10.1 Å². The van der Waals surface area contributed by atoms with Crippen molar-refractivity contribution in [3.8, 4) is 5.75 Å². The average molecular weight is 469 g/mol. The van der Waals surface area contributed by atoms with E-state index in [-0.39, 0.29) is 16.7 Å². The van der Waals surface area contributed by atoms with E-state index in [2.05, 4.69) is 5.32 Å². The van der Waals surface area contributed by atoms with E-state index in [0.29, 0.717) is 5.69 Å². The van der Waals surface area contributed by atoms with Gasteiger partial charge in [-0.05, 0) is 86.3 Å². The maximum absolute atomic E-state index is 13.4. The Morgan fingerprint density at radius 2 is 1.58 bits per heavy atom. The number of halogens is 1. The largest absolute Gasteiger partial charge is 0.490 e. The molecule has 0 spiro atoms. The summed E-state index contributed by atoms with van der Waals surface area (Å²) in [5, 5.41) is 2.72. The van der Waals surface area contributed by atoms with Gasteiger partial charge in [0.25, 0.3) is 10.0 Å². The average Bonchev–Trinajstić information content (AvgIpc) is 3.33. The number of anilines is 2. The number of sulfonamides is 1. The molecule has 4 rings (SSSR count). The third-order valence-electron chi connectivity index (χ3n) is 5.48. The van der Waals surface area contributed by atoms with Crippen LogP contribution in [0.25, 0.3) is 0 Å². The highest BCUT2D eigenvalue weighted by Gasteiger charge is 2.27. The van der Waals surface area contributed by atoms with Gasteiger partial charge in [-0.25, -0.2) is 12.8 Å². The summed E-state index contributed by atoms with van der Waals surface area (Å²) >= 11 is 0. The Morgan fingerprint density at radius 3 is 2.21 bits per heavy atom. The summed E-state index contributed by atoms with van der Waals surface area (Å²) in [5.41, 5.74) is 0.714. The van der Waals surface area contributed by atoms with Gasteiger partial charge in [-0.3, -0.25) is 9.10 Å². The molecule has 6 nitrogen and oxygen atoms in total. The molecule has 1 saturated carbocycles. The zero-order valence-electron chi connectivity index (χ0n) is 18.0. The number of ether oxygens (including phenoxy) is 1. The molecule has 0 aromatic heterocycles. The Morgan fingerprint density at radius 1 is 0.939 bits per heavy atom. The predicted octanol–water partition coefficient (Wildman–Crippen LogP) is 4.98. The van der Waals surface area contributed by atoms with Crippen molar-refractivity contribution in [1.29, 1.82) is 0 Å². The zero-order valence-corrected chi connectivity index (χ0v) is 18.8. The highest BCUT2D eigenvalue weighted by molar-refractivity contribution is 7.92. The molecule has 3 aromatic carbocycles. The number of carbonyl (C=O) groups excluding carboxylic acids is 1. The Bertz CT molecular complexity index is 1180. The van der Waals surface area contributed by atoms with Crippen LogP contribution in [0.4, 0.5) is 15.8 Å². The number of amides is 1. The van der Waals surface area contributed by atoms with E-state index in [4.69, 9.17) is 4.74 Å². The minimum atomic E-state index is -4.04. The monoisotopic (exact) mass is 468 g/mol. The van der Waals surface area contributed by atoms with E-state index in [1.807, 2.05) is 0 Å². The van der Waals surface area contributed by atoms with Crippen LogP contribution in [-0.2, 0) is 14.8 Å². The van der Waals surface area contributed by atoms with Crippen LogP contribution in [-0.4, -0.2) is 27.0 Å². The molecule has 1 fully saturated rings. The number of nitrogens with zero attached hydrogens (tertiary/aromatic N) is 1. The first-order valence-corrected chi connectivity index (χ1v) is 12.3. The maximum atomic E-state index is 13.4. The molecule has 1 aliphatic carbocycles. The second-order valence-electron chi connectivity index (χ2n) is 7.90. The lowest BCUT2D eigenvalue weighted by Gasteiger charge is -2.24. The number of carbonyl (C=O) groups is 1. The van der Waals surface area contributed by atoms with Crippen LogP contribution in [0, 0.1) is 5.82 Å². The Balaban J connectivity index is 1.50. The predicted molar refractivity (Wildman–Crippen MR) is 125 cm³/mol. The maximum Gasteiger partial charge on any atom is 0.264 e. The van der Waals surface area contributed by atoms with E-state index >= 15 is 0 Å². The van der Waals surface area contributed by atoms with Crippen molar-refractivity contribution in [3.05, 3.63) is 84.7 Å². The minimum Gasteiger partial charge on any atom is -0.490 e. The fourth-order valence-electron chi connectivity index (χ4n) is 3.79. The van der Waals surface area contributed by atoms with Crippen molar-refractivity contribution in [2.45, 2.75) is 36.7 Å². The molecule has 3 aromatic rings. The Labute approximate surface area is 193 Å². The third kappa shape index (κ3) is 5.70. The molecule has 0 aliphatic heterocycles. The quantitative estimate of drug-likeness (QED) is 0.506. The first-order chi connectivity index (χ1) is 15.9. The first kappa shape index (κ1) is 22.8. The summed E-state index contributed by atoms with van der Waals surface area (Å²) in [5.74, 6) is -0.289. The molecule has 1 N–H and O–H groups in total. The molecule has 172 valence electrons. The van der Waals surface area contributed by atoms with Gasteiger partial charge in [-0.2, -0.15) is 0 Å². The number of hydrogen-bond acceptors (Lipinski definition) is 4. The number of nitrogens with one attached hydrogen (secondary N) is 1. The van der Waals surface area contributed by atoms with Crippen molar-refractivity contribution in [1.82, 2.24) is 0 Å². The van der Waals surface area contributed by atoms with E-state index in [1.54, 1.807) is 42.5 Å². The summed E-state index contributed by atoms with van der Waals surface area (Å²) in [6.07, 6.45) is 4.68. The topological polar surface area (TPSA) is 75.7 Å². The van der Waals surface area contributed by atoms with Gasteiger partial charge in [-0.1, -0.05) is 18.2 Å². The van der Waals surface area contributed by atoms with Crippen molar-refractivity contribution in [3.63, 3.8) is 0 Å². The fourth-order valence-corrected chi connectivity index (χ4v) is 5.23. The van der Waals surface area contributed by atoms with E-state index in [9.17, 15) is 17.6 Å². The lowest BCUT2D eigenvalue weighted by atomic mass is 10.2. The van der Waals surface area contributed by atoms with Gasteiger partial charge in [0, 0.05) is 5.69 Å². The molecule has 0 saturated heterocycles. The molecule has 0 bridgehead atoms. The van der Waals surface area contributed by atoms with E-state index < -0.39 is 28.3 Å². The zero-order chi connectivity index (χ0) is 23.3. The van der Waals surface area contributed by atoms with Crippen molar-refractivity contribution < 1.29 is 22.3 Å². The second-order valence-corrected chi connectivity index (χ2v) is 9.76. The van der Waals surface area contributed by atoms with Crippen LogP contribution < -0.4 is 14.4 Å². The summed E-state index contributed by atoms with van der Waals surface area (Å²) in [6, 6.07) is 19.8. The fraction of sp³-hybridized carbons (Fsp3) is 0.240. The van der Waals surface area contributed by atoms with Gasteiger partial charge in [-0.15, -0.1) is 0 Å². The molecule has 0 unspecified atom stereocenters. The third-order valence-corrected chi connectivity index (χ3v) is 7.26. The van der Waals surface area contributed by atoms with Crippen molar-refractivity contribution in [2.75, 3.05) is 16.2 Å². The van der Waals surface area contributed by atoms with E-state index in [1.165, 1.54) is 37.1 Å². The normalized spacial score (nSPS) is 14.1. The van der Waals surface area contributed by atoms with E-state index in [0.717, 1.165) is 35.0 Å². The molecule has 0 atom stereocenters. The van der Waals surface area contributed by atoms with Crippen molar-refractivity contribution in [2.24, 2.45) is 0 Å². The van der Waals surface area contributed by atoms with Crippen LogP contribution >= 0.6 is 0 Å². The number of rotatable bonds is 8. The number of hydrogen-bond donors (Lipinski definition) is 1. The van der Waals surface area contributed by atoms with Crippen LogP contribution in [0.15, 0.2) is 83.8 Å². The first-order valence-electron chi connectivity index (χ1n) is 10.8. The Hall–Kier alpha value is -3.39. The molecule has 33 heavy (non-hydrogen) atoms. The molecular formula is C25H25FN2O4S. The molecule has 1 aliphatic rings. The van der Waals surface area contributed by atoms with Gasteiger partial charge in [0.2, 0.25) is 5.91 Å². The lowest BCUT2D eigenvalue weighted by molar-refractivity contribution is -0.114. The molecule has 1 amide bonds. The highest BCUT2D eigenvalue weighted by Crippen LogP contribution is 2.26. The molecule has 0 radical (unpaired) electrons. The van der Waals surface area contributed by atoms with Crippen LogP contribution in [0.2, 0.25) is 0 Å². The summed E-state index contributed by atoms with van der Waals surface area (Å²) < 4.78 is 46.8. The van der Waals surface area contributed by atoms with Gasteiger partial charge in [0.1, 0.15) is 18.1 Å². The summed E-state index contributed by atoms with van der Waals surface area (Å²) in [7, 11) is -4.04. The minimum absolute atomic E-state index is 0.0375. The van der Waals surface area contributed by atoms with Gasteiger partial charge in [0.15, 0.2) is 0 Å². The van der Waals surface area contributed by atoms with Crippen LogP contribution in [0.3, 0.4) is 0 Å². The highest BCUT2D eigenvalue weighted by atomic mass is 32.2.